The van der Waals surface area contributed by atoms with Gasteiger partial charge in [-0.25, -0.2) is 0 Å². The summed E-state index contributed by atoms with van der Waals surface area (Å²) in [5.74, 6) is -0.268. The zero-order chi connectivity index (χ0) is 11.3. The van der Waals surface area contributed by atoms with Gasteiger partial charge in [-0.05, 0) is 30.2 Å². The van der Waals surface area contributed by atoms with Crippen LogP contribution in [0.2, 0.25) is 0 Å². The van der Waals surface area contributed by atoms with Crippen molar-refractivity contribution < 1.29 is 4.79 Å². The van der Waals surface area contributed by atoms with E-state index in [1.807, 2.05) is 6.07 Å². The average molecular weight is 271 g/mol. The number of rotatable bonds is 5. The molecule has 0 aliphatic heterocycles. The van der Waals surface area contributed by atoms with E-state index >= 15 is 0 Å². The van der Waals surface area contributed by atoms with E-state index in [9.17, 15) is 4.79 Å². The summed E-state index contributed by atoms with van der Waals surface area (Å²) < 4.78 is 1.08. The molecule has 1 amide bonds. The summed E-state index contributed by atoms with van der Waals surface area (Å²) in [5, 5.41) is 3.18. The van der Waals surface area contributed by atoms with Crippen LogP contribution < -0.4 is 11.1 Å². The maximum atomic E-state index is 10.5. The van der Waals surface area contributed by atoms with Crippen LogP contribution in [0.15, 0.2) is 22.7 Å². The fourth-order valence-electron chi connectivity index (χ4n) is 1.29. The zero-order valence-electron chi connectivity index (χ0n) is 8.72. The van der Waals surface area contributed by atoms with E-state index in [-0.39, 0.29) is 5.91 Å². The maximum absolute atomic E-state index is 10.5. The molecule has 0 unspecified atom stereocenters. The van der Waals surface area contributed by atoms with Gasteiger partial charge in [-0.15, -0.1) is 0 Å². The van der Waals surface area contributed by atoms with Crippen LogP contribution in [0.1, 0.15) is 17.5 Å². The number of hydrogen-bond donors (Lipinski definition) is 2. The molecule has 1 rings (SSSR count). The molecule has 15 heavy (non-hydrogen) atoms. The van der Waals surface area contributed by atoms with Crippen molar-refractivity contribution in [1.29, 1.82) is 0 Å². The summed E-state index contributed by atoms with van der Waals surface area (Å²) >= 11 is 3.42. The number of primary amides is 1. The molecular weight excluding hydrogens is 256 g/mol. The van der Waals surface area contributed by atoms with Crippen molar-refractivity contribution in [3.8, 4) is 0 Å². The van der Waals surface area contributed by atoms with Crippen molar-refractivity contribution in [1.82, 2.24) is 5.32 Å². The molecule has 0 bridgehead atoms. The van der Waals surface area contributed by atoms with Gasteiger partial charge in [-0.2, -0.15) is 0 Å². The van der Waals surface area contributed by atoms with Crippen molar-refractivity contribution in [2.75, 3.05) is 6.54 Å². The molecule has 1 aromatic rings. The summed E-state index contributed by atoms with van der Waals surface area (Å²) in [5.41, 5.74) is 7.51. The zero-order valence-corrected chi connectivity index (χ0v) is 10.3. The Morgan fingerprint density at radius 3 is 2.87 bits per heavy atom. The Balaban J connectivity index is 2.40. The molecular formula is C11H15BrN2O. The highest BCUT2D eigenvalue weighted by Crippen LogP contribution is 2.15. The van der Waals surface area contributed by atoms with Crippen molar-refractivity contribution in [2.24, 2.45) is 5.73 Å². The predicted octanol–water partition coefficient (Wildman–Crippen LogP) is 1.72. The normalized spacial score (nSPS) is 10.3. The Labute approximate surface area is 98.2 Å². The number of carbonyl (C=O) groups is 1. The van der Waals surface area contributed by atoms with Gasteiger partial charge in [0, 0.05) is 24.0 Å². The van der Waals surface area contributed by atoms with E-state index in [1.165, 1.54) is 11.1 Å². The molecule has 0 atom stereocenters. The lowest BCUT2D eigenvalue weighted by molar-refractivity contribution is -0.117. The van der Waals surface area contributed by atoms with E-state index < -0.39 is 0 Å². The first-order valence-electron chi connectivity index (χ1n) is 4.83. The minimum atomic E-state index is -0.268. The number of halogens is 1. The van der Waals surface area contributed by atoms with E-state index in [0.29, 0.717) is 13.0 Å². The van der Waals surface area contributed by atoms with E-state index in [4.69, 9.17) is 5.73 Å². The molecule has 82 valence electrons. The molecule has 1 aromatic carbocycles. The van der Waals surface area contributed by atoms with Gasteiger partial charge in [0.15, 0.2) is 0 Å². The molecule has 0 saturated heterocycles. The second-order valence-corrected chi connectivity index (χ2v) is 4.38. The van der Waals surface area contributed by atoms with Crippen LogP contribution in [0.5, 0.6) is 0 Å². The van der Waals surface area contributed by atoms with Crippen molar-refractivity contribution >= 4 is 21.8 Å². The van der Waals surface area contributed by atoms with Gasteiger partial charge >= 0.3 is 0 Å². The fourth-order valence-corrected chi connectivity index (χ4v) is 1.77. The number of hydrogen-bond acceptors (Lipinski definition) is 2. The summed E-state index contributed by atoms with van der Waals surface area (Å²) in [6.07, 6.45) is 0.384. The van der Waals surface area contributed by atoms with Crippen LogP contribution in [0, 0.1) is 6.92 Å². The Bertz CT molecular complexity index is 352. The highest BCUT2D eigenvalue weighted by atomic mass is 79.9. The number of carbonyl (C=O) groups excluding carboxylic acids is 1. The maximum Gasteiger partial charge on any atom is 0.218 e. The lowest BCUT2D eigenvalue weighted by Crippen LogP contribution is -2.21. The van der Waals surface area contributed by atoms with Crippen LogP contribution in [0.3, 0.4) is 0 Å². The minimum absolute atomic E-state index is 0.268. The smallest absolute Gasteiger partial charge is 0.218 e. The summed E-state index contributed by atoms with van der Waals surface area (Å²) in [7, 11) is 0. The molecule has 3 nitrogen and oxygen atoms in total. The Morgan fingerprint density at radius 2 is 2.27 bits per heavy atom. The Hall–Kier alpha value is -0.870. The molecule has 0 aliphatic carbocycles. The van der Waals surface area contributed by atoms with Crippen LogP contribution >= 0.6 is 15.9 Å². The van der Waals surface area contributed by atoms with Crippen LogP contribution in [0.25, 0.3) is 0 Å². The molecule has 0 aromatic heterocycles. The number of amides is 1. The SMILES string of the molecule is Cc1cc(Br)ccc1CNCCC(N)=O. The number of aryl methyl sites for hydroxylation is 1. The van der Waals surface area contributed by atoms with E-state index in [0.717, 1.165) is 11.0 Å². The first-order chi connectivity index (χ1) is 7.09. The van der Waals surface area contributed by atoms with Gasteiger partial charge in [-0.3, -0.25) is 4.79 Å². The minimum Gasteiger partial charge on any atom is -0.370 e. The van der Waals surface area contributed by atoms with Gasteiger partial charge < -0.3 is 11.1 Å². The van der Waals surface area contributed by atoms with Crippen LogP contribution in [0.4, 0.5) is 0 Å². The fraction of sp³-hybridized carbons (Fsp3) is 0.364. The standard InChI is InChI=1S/C11H15BrN2O/c1-8-6-10(12)3-2-9(8)7-14-5-4-11(13)15/h2-3,6,14H,4-5,7H2,1H3,(H2,13,15). The van der Waals surface area contributed by atoms with Gasteiger partial charge in [0.1, 0.15) is 0 Å². The molecule has 0 spiro atoms. The van der Waals surface area contributed by atoms with Crippen molar-refractivity contribution in [3.05, 3.63) is 33.8 Å². The molecule has 0 aliphatic rings. The van der Waals surface area contributed by atoms with Crippen molar-refractivity contribution in [3.63, 3.8) is 0 Å². The van der Waals surface area contributed by atoms with Gasteiger partial charge in [0.05, 0.1) is 0 Å². The molecule has 4 heteroatoms. The topological polar surface area (TPSA) is 55.1 Å². The second kappa shape index (κ2) is 5.88. The molecule has 0 radical (unpaired) electrons. The highest BCUT2D eigenvalue weighted by Gasteiger charge is 1.99. The second-order valence-electron chi connectivity index (χ2n) is 3.46. The average Bonchev–Trinajstić information content (AvgIpc) is 2.14. The Kier molecular flexibility index (Phi) is 4.78. The summed E-state index contributed by atoms with van der Waals surface area (Å²) in [6, 6.07) is 6.15. The van der Waals surface area contributed by atoms with Gasteiger partial charge in [-0.1, -0.05) is 22.0 Å². The lowest BCUT2D eigenvalue weighted by atomic mass is 10.1. The van der Waals surface area contributed by atoms with Crippen LogP contribution in [-0.4, -0.2) is 12.5 Å². The number of benzene rings is 1. The summed E-state index contributed by atoms with van der Waals surface area (Å²) in [6.45, 7) is 3.47. The van der Waals surface area contributed by atoms with Crippen LogP contribution in [-0.2, 0) is 11.3 Å². The van der Waals surface area contributed by atoms with Gasteiger partial charge in [0.2, 0.25) is 5.91 Å². The van der Waals surface area contributed by atoms with E-state index in [1.54, 1.807) is 0 Å². The summed E-state index contributed by atoms with van der Waals surface area (Å²) in [4.78, 5) is 10.5. The largest absolute Gasteiger partial charge is 0.370 e. The third-order valence-corrected chi connectivity index (χ3v) is 2.66. The third kappa shape index (κ3) is 4.44. The molecule has 0 fully saturated rings. The highest BCUT2D eigenvalue weighted by molar-refractivity contribution is 9.10. The molecule has 0 saturated carbocycles. The monoisotopic (exact) mass is 270 g/mol. The lowest BCUT2D eigenvalue weighted by Gasteiger charge is -2.07. The van der Waals surface area contributed by atoms with Gasteiger partial charge in [0.25, 0.3) is 0 Å². The number of nitrogens with two attached hydrogens (primary N) is 1. The van der Waals surface area contributed by atoms with E-state index in [2.05, 4.69) is 40.3 Å². The Morgan fingerprint density at radius 1 is 1.53 bits per heavy atom. The molecule has 3 N–H and O–H groups in total. The van der Waals surface area contributed by atoms with Crippen molar-refractivity contribution in [2.45, 2.75) is 19.9 Å². The third-order valence-electron chi connectivity index (χ3n) is 2.17. The molecule has 0 heterocycles. The first-order valence-corrected chi connectivity index (χ1v) is 5.63. The predicted molar refractivity (Wildman–Crippen MR) is 64.4 cm³/mol. The number of nitrogens with one attached hydrogen (secondary N) is 1. The first kappa shape index (κ1) is 12.2. The quantitative estimate of drug-likeness (QED) is 0.801.